The molecule has 3 amide bonds. The molecule has 188 valence electrons. The number of pyridine rings is 1. The van der Waals surface area contributed by atoms with Gasteiger partial charge in [0.1, 0.15) is 17.9 Å². The van der Waals surface area contributed by atoms with Crippen LogP contribution in [0.15, 0.2) is 36.5 Å². The zero-order valence-electron chi connectivity index (χ0n) is 20.6. The first kappa shape index (κ1) is 23.2. The molecule has 1 N–H and O–H groups in total. The van der Waals surface area contributed by atoms with E-state index in [9.17, 15) is 14.4 Å². The second kappa shape index (κ2) is 9.32. The quantitative estimate of drug-likeness (QED) is 0.651. The van der Waals surface area contributed by atoms with Crippen LogP contribution in [-0.2, 0) is 16.1 Å². The lowest BCUT2D eigenvalue weighted by molar-refractivity contribution is -0.136. The molecule has 2 saturated heterocycles. The molecule has 36 heavy (non-hydrogen) atoms. The van der Waals surface area contributed by atoms with Crippen LogP contribution in [0.2, 0.25) is 0 Å². The van der Waals surface area contributed by atoms with Crippen LogP contribution in [0.3, 0.4) is 0 Å². The van der Waals surface area contributed by atoms with Crippen LogP contribution in [0.25, 0.3) is 0 Å². The number of nitrogens with one attached hydrogen (secondary N) is 1. The van der Waals surface area contributed by atoms with Crippen LogP contribution in [0.5, 0.6) is 5.75 Å². The number of carbonyl (C=O) groups excluding carboxylic acids is 3. The number of likely N-dealkylation sites (tertiary alicyclic amines) is 1. The lowest BCUT2D eigenvalue weighted by atomic mass is 9.84. The van der Waals surface area contributed by atoms with E-state index in [1.54, 1.807) is 4.90 Å². The van der Waals surface area contributed by atoms with Gasteiger partial charge in [0.25, 0.3) is 5.91 Å². The molecule has 3 fully saturated rings. The first-order chi connectivity index (χ1) is 17.5. The number of aryl methyl sites for hydroxylation is 1. The highest BCUT2D eigenvalue weighted by atomic mass is 16.5. The molecule has 4 aliphatic rings. The molecule has 1 aromatic heterocycles. The van der Waals surface area contributed by atoms with Crippen LogP contribution in [0.1, 0.15) is 71.6 Å². The number of fused-ring (bicyclic) bond motifs is 1. The first-order valence-electron chi connectivity index (χ1n) is 13.1. The summed E-state index contributed by atoms with van der Waals surface area (Å²) in [5, 5.41) is 2.36. The number of imide groups is 1. The Bertz CT molecular complexity index is 1210. The normalized spacial score (nSPS) is 27.0. The Morgan fingerprint density at radius 2 is 1.86 bits per heavy atom. The van der Waals surface area contributed by atoms with Crippen LogP contribution in [0, 0.1) is 6.92 Å². The summed E-state index contributed by atoms with van der Waals surface area (Å²) in [5.74, 6) is 0.523. The lowest BCUT2D eigenvalue weighted by Gasteiger charge is -2.48. The molecule has 0 bridgehead atoms. The molecule has 3 aliphatic heterocycles. The van der Waals surface area contributed by atoms with Gasteiger partial charge in [-0.05, 0) is 74.1 Å². The fraction of sp³-hybridized carbons (Fsp3) is 0.500. The maximum Gasteiger partial charge on any atom is 0.255 e. The van der Waals surface area contributed by atoms with Crippen LogP contribution < -0.4 is 10.1 Å². The van der Waals surface area contributed by atoms with Gasteiger partial charge in [0.15, 0.2) is 0 Å². The van der Waals surface area contributed by atoms with E-state index >= 15 is 0 Å². The van der Waals surface area contributed by atoms with Crippen molar-refractivity contribution in [2.75, 3.05) is 13.1 Å². The summed E-state index contributed by atoms with van der Waals surface area (Å²) >= 11 is 0. The van der Waals surface area contributed by atoms with Crippen molar-refractivity contribution in [2.45, 2.75) is 76.1 Å². The van der Waals surface area contributed by atoms with E-state index in [0.717, 1.165) is 49.4 Å². The molecule has 1 aromatic carbocycles. The third-order valence-electron chi connectivity index (χ3n) is 8.22. The molecule has 6 rings (SSSR count). The maximum atomic E-state index is 13.0. The van der Waals surface area contributed by atoms with Crippen molar-refractivity contribution in [2.24, 2.45) is 0 Å². The SMILES string of the molecule is Cc1cc(C2CN([C@@H]3CCCC[C@@H]3Oc3ccc4c(c3)CN(C3CCC(=O)NC3=O)C4=O)C2)ccn1. The molecule has 0 radical (unpaired) electrons. The van der Waals surface area contributed by atoms with E-state index in [1.807, 2.05) is 31.3 Å². The number of rotatable bonds is 5. The molecule has 1 unspecified atom stereocenters. The minimum atomic E-state index is -0.599. The summed E-state index contributed by atoms with van der Waals surface area (Å²) in [7, 11) is 0. The Kier molecular flexibility index (Phi) is 5.99. The second-order valence-electron chi connectivity index (χ2n) is 10.6. The smallest absolute Gasteiger partial charge is 0.255 e. The van der Waals surface area contributed by atoms with Crippen molar-refractivity contribution in [1.82, 2.24) is 20.1 Å². The zero-order chi connectivity index (χ0) is 24.8. The number of ether oxygens (including phenoxy) is 1. The van der Waals surface area contributed by atoms with E-state index in [0.29, 0.717) is 30.5 Å². The fourth-order valence-electron chi connectivity index (χ4n) is 6.25. The minimum Gasteiger partial charge on any atom is -0.489 e. The fourth-order valence-corrected chi connectivity index (χ4v) is 6.25. The highest BCUT2D eigenvalue weighted by Crippen LogP contribution is 2.36. The summed E-state index contributed by atoms with van der Waals surface area (Å²) in [6, 6.07) is 9.79. The average molecular weight is 489 g/mol. The number of piperidine rings is 1. The van der Waals surface area contributed by atoms with Gasteiger partial charge in [-0.1, -0.05) is 6.42 Å². The van der Waals surface area contributed by atoms with Crippen LogP contribution >= 0.6 is 0 Å². The van der Waals surface area contributed by atoms with Crippen molar-refractivity contribution in [3.05, 3.63) is 58.9 Å². The zero-order valence-corrected chi connectivity index (χ0v) is 20.6. The molecule has 8 nitrogen and oxygen atoms in total. The van der Waals surface area contributed by atoms with Crippen LogP contribution in [-0.4, -0.2) is 63.8 Å². The predicted molar refractivity (Wildman–Crippen MR) is 132 cm³/mol. The summed E-state index contributed by atoms with van der Waals surface area (Å²) in [6.45, 7) is 4.51. The Morgan fingerprint density at radius 1 is 1.03 bits per heavy atom. The van der Waals surface area contributed by atoms with Gasteiger partial charge in [-0.2, -0.15) is 0 Å². The van der Waals surface area contributed by atoms with E-state index in [1.165, 1.54) is 12.0 Å². The Labute approximate surface area is 211 Å². The monoisotopic (exact) mass is 488 g/mol. The van der Waals surface area contributed by atoms with Gasteiger partial charge in [0, 0.05) is 55.5 Å². The number of benzene rings is 1. The largest absolute Gasteiger partial charge is 0.489 e. The molecule has 3 atom stereocenters. The molecule has 8 heteroatoms. The van der Waals surface area contributed by atoms with Crippen molar-refractivity contribution >= 4 is 17.7 Å². The Balaban J connectivity index is 1.12. The van der Waals surface area contributed by atoms with E-state index in [4.69, 9.17) is 4.74 Å². The van der Waals surface area contributed by atoms with E-state index in [-0.39, 0.29) is 30.2 Å². The topological polar surface area (TPSA) is 91.8 Å². The number of aromatic nitrogens is 1. The van der Waals surface area contributed by atoms with Gasteiger partial charge in [-0.15, -0.1) is 0 Å². The Hall–Kier alpha value is -3.26. The van der Waals surface area contributed by atoms with Crippen molar-refractivity contribution < 1.29 is 19.1 Å². The standard InChI is InChI=1S/C28H32N4O4/c1-17-12-18(10-11-29-17)20-14-31(15-20)23-4-2-3-5-25(23)36-21-6-7-22-19(13-21)16-32(28(22)35)24-8-9-26(33)30-27(24)34/h6-7,10-13,20,23-25H,2-5,8-9,14-16H2,1H3,(H,30,33,34)/t23-,24?,25+/m1/s1. The lowest BCUT2D eigenvalue weighted by Crippen LogP contribution is -2.57. The summed E-state index contributed by atoms with van der Waals surface area (Å²) in [4.78, 5) is 45.3. The van der Waals surface area contributed by atoms with Gasteiger partial charge in [0.05, 0.1) is 0 Å². The number of hydrogen-bond donors (Lipinski definition) is 1. The van der Waals surface area contributed by atoms with Gasteiger partial charge in [-0.3, -0.25) is 29.6 Å². The molecule has 2 aromatic rings. The Morgan fingerprint density at radius 3 is 2.67 bits per heavy atom. The number of hydrogen-bond acceptors (Lipinski definition) is 6. The summed E-state index contributed by atoms with van der Waals surface area (Å²) in [5.41, 5.74) is 3.93. The van der Waals surface area contributed by atoms with Gasteiger partial charge < -0.3 is 9.64 Å². The van der Waals surface area contributed by atoms with Gasteiger partial charge in [0.2, 0.25) is 11.8 Å². The minimum absolute atomic E-state index is 0.125. The molecule has 0 spiro atoms. The molecular formula is C28H32N4O4. The van der Waals surface area contributed by atoms with Crippen molar-refractivity contribution in [3.8, 4) is 5.75 Å². The predicted octanol–water partition coefficient (Wildman–Crippen LogP) is 2.94. The molecule has 1 saturated carbocycles. The third-order valence-corrected chi connectivity index (χ3v) is 8.22. The molecular weight excluding hydrogens is 456 g/mol. The second-order valence-corrected chi connectivity index (χ2v) is 10.6. The molecule has 4 heterocycles. The summed E-state index contributed by atoms with van der Waals surface area (Å²) < 4.78 is 6.56. The van der Waals surface area contributed by atoms with Crippen LogP contribution in [0.4, 0.5) is 0 Å². The van der Waals surface area contributed by atoms with E-state index < -0.39 is 6.04 Å². The highest BCUT2D eigenvalue weighted by molar-refractivity contribution is 6.05. The third kappa shape index (κ3) is 4.28. The first-order valence-corrected chi connectivity index (χ1v) is 13.1. The maximum absolute atomic E-state index is 13.0. The van der Waals surface area contributed by atoms with Gasteiger partial charge in [-0.25, -0.2) is 0 Å². The van der Waals surface area contributed by atoms with Gasteiger partial charge >= 0.3 is 0 Å². The molecule has 1 aliphatic carbocycles. The number of nitrogens with zero attached hydrogens (tertiary/aromatic N) is 3. The van der Waals surface area contributed by atoms with Crippen molar-refractivity contribution in [3.63, 3.8) is 0 Å². The average Bonchev–Trinajstić information content (AvgIpc) is 3.15. The highest BCUT2D eigenvalue weighted by Gasteiger charge is 2.41. The number of carbonyl (C=O) groups is 3. The summed E-state index contributed by atoms with van der Waals surface area (Å²) in [6.07, 6.45) is 7.20. The number of amides is 3. The van der Waals surface area contributed by atoms with E-state index in [2.05, 4.69) is 27.3 Å². The van der Waals surface area contributed by atoms with Crippen molar-refractivity contribution in [1.29, 1.82) is 0 Å².